The zero-order valence-corrected chi connectivity index (χ0v) is 25.0. The smallest absolute Gasteiger partial charge is 0.412 e. The van der Waals surface area contributed by atoms with E-state index in [-0.39, 0.29) is 11.1 Å². The molecule has 0 bridgehead atoms. The molecule has 1 amide bonds. The van der Waals surface area contributed by atoms with Gasteiger partial charge in [0.2, 0.25) is 5.69 Å². The zero-order valence-electron chi connectivity index (χ0n) is 24.2. The van der Waals surface area contributed by atoms with Crippen molar-refractivity contribution in [3.8, 4) is 22.4 Å². The number of ether oxygens (including phenoxy) is 2. The number of methoxy groups -OCH3 is 1. The second-order valence-electron chi connectivity index (χ2n) is 11.6. The van der Waals surface area contributed by atoms with E-state index in [0.29, 0.717) is 51.4 Å². The molecular formula is C32H32ClFN4O5. The summed E-state index contributed by atoms with van der Waals surface area (Å²) in [6.45, 7) is 5.30. The van der Waals surface area contributed by atoms with E-state index in [1.807, 2.05) is 0 Å². The van der Waals surface area contributed by atoms with Gasteiger partial charge in [-0.3, -0.25) is 5.32 Å². The van der Waals surface area contributed by atoms with Gasteiger partial charge in [-0.15, -0.1) is 0 Å². The summed E-state index contributed by atoms with van der Waals surface area (Å²) in [5.74, 6) is -0.933. The Hall–Kier alpha value is -4.44. The number of imidazole rings is 1. The quantitative estimate of drug-likeness (QED) is 0.124. The van der Waals surface area contributed by atoms with Gasteiger partial charge in [0.05, 0.1) is 30.3 Å². The van der Waals surface area contributed by atoms with Crippen molar-refractivity contribution in [3.05, 3.63) is 94.1 Å². The van der Waals surface area contributed by atoms with Crippen molar-refractivity contribution >= 4 is 29.4 Å². The molecule has 5 rings (SSSR count). The fraction of sp³-hybridized carbons (Fsp3) is 0.312. The number of carbonyl (C=O) groups is 2. The number of hydrogen-bond donors (Lipinski definition) is 2. The Morgan fingerprint density at radius 2 is 1.95 bits per heavy atom. The van der Waals surface area contributed by atoms with Gasteiger partial charge in [-0.1, -0.05) is 30.5 Å². The van der Waals surface area contributed by atoms with Gasteiger partial charge in [-0.25, -0.2) is 19.0 Å². The van der Waals surface area contributed by atoms with Gasteiger partial charge in [0, 0.05) is 27.8 Å². The van der Waals surface area contributed by atoms with Crippen LogP contribution in [0.1, 0.15) is 67.8 Å². The van der Waals surface area contributed by atoms with Gasteiger partial charge in [0.25, 0.3) is 0 Å². The van der Waals surface area contributed by atoms with E-state index >= 15 is 4.39 Å². The number of esters is 1. The first kappa shape index (κ1) is 30.0. The maximum atomic E-state index is 15.2. The molecule has 9 nitrogen and oxygen atoms in total. The molecular weight excluding hydrogens is 575 g/mol. The first-order valence-electron chi connectivity index (χ1n) is 13.9. The molecule has 0 saturated heterocycles. The number of benzene rings is 2. The number of pyridine rings is 1. The van der Waals surface area contributed by atoms with Crippen LogP contribution in [-0.2, 0) is 9.47 Å². The second kappa shape index (κ2) is 12.0. The monoisotopic (exact) mass is 606 g/mol. The molecule has 0 spiro atoms. The minimum absolute atomic E-state index is 0.170. The predicted molar refractivity (Wildman–Crippen MR) is 160 cm³/mol. The van der Waals surface area contributed by atoms with Crippen LogP contribution in [0, 0.1) is 16.9 Å². The average molecular weight is 607 g/mol. The number of nitrogens with zero attached hydrogens (tertiary/aromatic N) is 2. The zero-order chi connectivity index (χ0) is 30.9. The lowest BCUT2D eigenvalue weighted by molar-refractivity contribution is -0.614. The molecule has 2 aromatic carbocycles. The van der Waals surface area contributed by atoms with Crippen LogP contribution in [-0.4, -0.2) is 34.7 Å². The minimum Gasteiger partial charge on any atom is -0.618 e. The molecule has 0 aliphatic heterocycles. The Balaban J connectivity index is 1.47. The van der Waals surface area contributed by atoms with Crippen molar-refractivity contribution in [2.75, 3.05) is 12.4 Å². The van der Waals surface area contributed by atoms with Crippen LogP contribution in [0.5, 0.6) is 0 Å². The molecule has 1 fully saturated rings. The van der Waals surface area contributed by atoms with Crippen LogP contribution in [0.4, 0.5) is 14.9 Å². The molecule has 4 aromatic rings. The van der Waals surface area contributed by atoms with E-state index in [1.54, 1.807) is 63.2 Å². The standard InChI is InChI=1S/C32H32ClFN4O5/c1-32(2,3)43-31(40)37-25-12-11-20(33)15-23(25)19-10-13-27(38(41)17-19)24(14-18-8-9-18)29-35-16-26(36-29)21-6-5-7-22(28(21)34)30(39)42-4/h5-7,10-13,15-18,24H,8-9,14H2,1-4H3,(H,35,36)(H,37,40). The lowest BCUT2D eigenvalue weighted by Gasteiger charge is -2.20. The Kier molecular flexibility index (Phi) is 8.41. The SMILES string of the molecule is COC(=O)c1cccc(-c2cnc(C(CC3CC3)c3ccc(-c4cc(Cl)ccc4NC(=O)OC(C)(C)C)c[n+]3[O-])[nH]2)c1F. The Bertz CT molecular complexity index is 1680. The van der Waals surface area contributed by atoms with Crippen LogP contribution in [0.2, 0.25) is 5.02 Å². The van der Waals surface area contributed by atoms with E-state index in [0.717, 1.165) is 17.6 Å². The lowest BCUT2D eigenvalue weighted by atomic mass is 9.95. The number of aromatic nitrogens is 3. The largest absolute Gasteiger partial charge is 0.618 e. The molecule has 1 aliphatic carbocycles. The molecule has 1 saturated carbocycles. The molecule has 1 aliphatic rings. The molecule has 224 valence electrons. The predicted octanol–water partition coefficient (Wildman–Crippen LogP) is 7.24. The van der Waals surface area contributed by atoms with Crippen LogP contribution >= 0.6 is 11.6 Å². The highest BCUT2D eigenvalue weighted by Gasteiger charge is 2.33. The van der Waals surface area contributed by atoms with Crippen molar-refractivity contribution in [2.24, 2.45) is 5.92 Å². The highest BCUT2D eigenvalue weighted by molar-refractivity contribution is 6.31. The van der Waals surface area contributed by atoms with Crippen LogP contribution in [0.15, 0.2) is 60.9 Å². The summed E-state index contributed by atoms with van der Waals surface area (Å²) in [5.41, 5.74) is 1.67. The van der Waals surface area contributed by atoms with Gasteiger partial charge in [-0.2, -0.15) is 4.73 Å². The van der Waals surface area contributed by atoms with Crippen molar-refractivity contribution in [1.29, 1.82) is 0 Å². The maximum Gasteiger partial charge on any atom is 0.412 e. The van der Waals surface area contributed by atoms with Gasteiger partial charge in [-0.05, 0) is 69.5 Å². The molecule has 2 N–H and O–H groups in total. The summed E-state index contributed by atoms with van der Waals surface area (Å²) in [4.78, 5) is 32.2. The van der Waals surface area contributed by atoms with E-state index in [9.17, 15) is 14.8 Å². The third kappa shape index (κ3) is 6.97. The van der Waals surface area contributed by atoms with Crippen molar-refractivity contribution < 1.29 is 28.2 Å². The fourth-order valence-electron chi connectivity index (χ4n) is 4.92. The number of anilines is 1. The maximum absolute atomic E-state index is 15.2. The van der Waals surface area contributed by atoms with E-state index in [4.69, 9.17) is 21.1 Å². The van der Waals surface area contributed by atoms with Crippen molar-refractivity contribution in [3.63, 3.8) is 0 Å². The number of carbonyl (C=O) groups excluding carboxylic acids is 2. The molecule has 11 heteroatoms. The summed E-state index contributed by atoms with van der Waals surface area (Å²) in [7, 11) is 1.19. The van der Waals surface area contributed by atoms with E-state index in [1.165, 1.54) is 25.6 Å². The topological polar surface area (TPSA) is 120 Å². The average Bonchev–Trinajstić information content (AvgIpc) is 3.64. The van der Waals surface area contributed by atoms with Gasteiger partial charge >= 0.3 is 12.1 Å². The van der Waals surface area contributed by atoms with E-state index in [2.05, 4.69) is 15.3 Å². The molecule has 2 heterocycles. The number of hydrogen-bond acceptors (Lipinski definition) is 6. The summed E-state index contributed by atoms with van der Waals surface area (Å²) in [6.07, 6.45) is 5.10. The van der Waals surface area contributed by atoms with Crippen LogP contribution in [0.3, 0.4) is 0 Å². The molecule has 1 atom stereocenters. The van der Waals surface area contributed by atoms with Crippen LogP contribution in [0.25, 0.3) is 22.4 Å². The van der Waals surface area contributed by atoms with Crippen molar-refractivity contribution in [2.45, 2.75) is 51.6 Å². The Morgan fingerprint density at radius 3 is 2.63 bits per heavy atom. The summed E-state index contributed by atoms with van der Waals surface area (Å²) >= 11 is 6.28. The first-order valence-corrected chi connectivity index (χ1v) is 14.3. The number of H-pyrrole nitrogens is 1. The number of amides is 1. The second-order valence-corrected chi connectivity index (χ2v) is 12.0. The first-order chi connectivity index (χ1) is 20.4. The van der Waals surface area contributed by atoms with Crippen molar-refractivity contribution in [1.82, 2.24) is 9.97 Å². The lowest BCUT2D eigenvalue weighted by Crippen LogP contribution is -2.34. The van der Waals surface area contributed by atoms with E-state index < -0.39 is 29.4 Å². The highest BCUT2D eigenvalue weighted by atomic mass is 35.5. The molecule has 2 aromatic heterocycles. The van der Waals surface area contributed by atoms with Crippen LogP contribution < -0.4 is 10.0 Å². The number of nitrogens with one attached hydrogen (secondary N) is 2. The normalized spacial score (nSPS) is 13.8. The summed E-state index contributed by atoms with van der Waals surface area (Å²) in [6, 6.07) is 13.0. The minimum atomic E-state index is -0.776. The highest BCUT2D eigenvalue weighted by Crippen LogP contribution is 2.41. The third-order valence-corrected chi connectivity index (χ3v) is 7.35. The molecule has 43 heavy (non-hydrogen) atoms. The summed E-state index contributed by atoms with van der Waals surface area (Å²) in [5, 5.41) is 16.7. The van der Waals surface area contributed by atoms with Gasteiger partial charge < -0.3 is 19.7 Å². The van der Waals surface area contributed by atoms with Gasteiger partial charge in [0.1, 0.15) is 23.2 Å². The number of aromatic amines is 1. The Morgan fingerprint density at radius 1 is 1.19 bits per heavy atom. The third-order valence-electron chi connectivity index (χ3n) is 7.12. The molecule has 0 radical (unpaired) electrons. The summed E-state index contributed by atoms with van der Waals surface area (Å²) < 4.78 is 26.1. The Labute approximate surface area is 253 Å². The molecule has 1 unspecified atom stereocenters. The number of rotatable bonds is 8. The van der Waals surface area contributed by atoms with Gasteiger partial charge in [0.15, 0.2) is 6.20 Å². The number of halogens is 2. The fourth-order valence-corrected chi connectivity index (χ4v) is 5.09.